The highest BCUT2D eigenvalue weighted by atomic mass is 16.6. The zero-order valence-electron chi connectivity index (χ0n) is 20.7. The highest BCUT2D eigenvalue weighted by Gasteiger charge is 2.27. The van der Waals surface area contributed by atoms with Crippen molar-refractivity contribution in [3.63, 3.8) is 0 Å². The number of hydrogen-bond donors (Lipinski definition) is 0. The van der Waals surface area contributed by atoms with E-state index in [9.17, 15) is 10.1 Å². The SMILES string of the molecule is COc1ccccc1Oc1nc(N2CCC(C)CC2)nc2c1CN(Cc1ccc([N+](=O)[O-])cc1)CC2. The first-order chi connectivity index (χ1) is 17.5. The quantitative estimate of drug-likeness (QED) is 0.339. The number of anilines is 1. The van der Waals surface area contributed by atoms with E-state index < -0.39 is 0 Å². The Morgan fingerprint density at radius 1 is 1.03 bits per heavy atom. The number of nitro benzene ring substituents is 1. The molecule has 0 unspecified atom stereocenters. The molecule has 2 aromatic carbocycles. The third kappa shape index (κ3) is 5.26. The van der Waals surface area contributed by atoms with Gasteiger partial charge in [0.05, 0.1) is 23.3 Å². The molecule has 0 atom stereocenters. The van der Waals surface area contributed by atoms with Crippen molar-refractivity contribution in [1.29, 1.82) is 0 Å². The van der Waals surface area contributed by atoms with Gasteiger partial charge in [-0.25, -0.2) is 4.98 Å². The van der Waals surface area contributed by atoms with E-state index in [1.807, 2.05) is 36.4 Å². The minimum absolute atomic E-state index is 0.100. The third-order valence-corrected chi connectivity index (χ3v) is 6.99. The first-order valence-corrected chi connectivity index (χ1v) is 12.4. The largest absolute Gasteiger partial charge is 0.493 e. The van der Waals surface area contributed by atoms with Crippen molar-refractivity contribution in [2.45, 2.75) is 39.3 Å². The van der Waals surface area contributed by atoms with Gasteiger partial charge in [-0.3, -0.25) is 15.0 Å². The molecule has 3 aromatic rings. The minimum Gasteiger partial charge on any atom is -0.493 e. The Morgan fingerprint density at radius 3 is 2.44 bits per heavy atom. The van der Waals surface area contributed by atoms with Crippen LogP contribution in [0.4, 0.5) is 11.6 Å². The second-order valence-corrected chi connectivity index (χ2v) is 9.56. The van der Waals surface area contributed by atoms with Gasteiger partial charge in [0, 0.05) is 51.3 Å². The average Bonchev–Trinajstić information content (AvgIpc) is 2.90. The summed E-state index contributed by atoms with van der Waals surface area (Å²) in [7, 11) is 1.63. The average molecular weight is 490 g/mol. The lowest BCUT2D eigenvalue weighted by Gasteiger charge is -2.33. The number of piperidine rings is 1. The van der Waals surface area contributed by atoms with Gasteiger partial charge in [-0.2, -0.15) is 4.98 Å². The number of para-hydroxylation sites is 2. The Bertz CT molecular complexity index is 1230. The number of benzene rings is 2. The Morgan fingerprint density at radius 2 is 1.75 bits per heavy atom. The second-order valence-electron chi connectivity index (χ2n) is 9.56. The van der Waals surface area contributed by atoms with Crippen LogP contribution in [0.2, 0.25) is 0 Å². The van der Waals surface area contributed by atoms with Crippen molar-refractivity contribution in [1.82, 2.24) is 14.9 Å². The van der Waals surface area contributed by atoms with Gasteiger partial charge in [-0.1, -0.05) is 31.2 Å². The molecule has 0 radical (unpaired) electrons. The second kappa shape index (κ2) is 10.5. The van der Waals surface area contributed by atoms with Crippen LogP contribution in [0.15, 0.2) is 48.5 Å². The molecule has 5 rings (SSSR count). The molecule has 188 valence electrons. The number of fused-ring (bicyclic) bond motifs is 1. The molecule has 0 saturated carbocycles. The van der Waals surface area contributed by atoms with Gasteiger partial charge >= 0.3 is 0 Å². The van der Waals surface area contributed by atoms with E-state index in [4.69, 9.17) is 19.4 Å². The normalized spacial score (nSPS) is 16.4. The van der Waals surface area contributed by atoms with Crippen LogP contribution in [-0.2, 0) is 19.5 Å². The number of hydrogen-bond acceptors (Lipinski definition) is 8. The lowest BCUT2D eigenvalue weighted by atomic mass is 9.99. The van der Waals surface area contributed by atoms with Crippen molar-refractivity contribution in [3.05, 3.63) is 75.5 Å². The standard InChI is InChI=1S/C27H31N5O4/c1-19-11-15-31(16-12-19)27-28-23-13-14-30(17-20-7-9-21(10-8-20)32(33)34)18-22(23)26(29-27)36-25-6-4-3-5-24(25)35-2/h3-10,19H,11-18H2,1-2H3. The van der Waals surface area contributed by atoms with Crippen molar-refractivity contribution in [2.75, 3.05) is 31.6 Å². The van der Waals surface area contributed by atoms with Crippen molar-refractivity contribution < 1.29 is 14.4 Å². The van der Waals surface area contributed by atoms with Crippen LogP contribution in [0, 0.1) is 16.0 Å². The third-order valence-electron chi connectivity index (χ3n) is 6.99. The first kappa shape index (κ1) is 24.0. The Balaban J connectivity index is 1.43. The first-order valence-electron chi connectivity index (χ1n) is 12.4. The predicted octanol–water partition coefficient (Wildman–Crippen LogP) is 4.98. The molecule has 0 aliphatic carbocycles. The zero-order valence-corrected chi connectivity index (χ0v) is 20.7. The number of non-ortho nitro benzene ring substituents is 1. The van der Waals surface area contributed by atoms with Crippen molar-refractivity contribution in [3.8, 4) is 17.4 Å². The summed E-state index contributed by atoms with van der Waals surface area (Å²) in [6.07, 6.45) is 3.04. The van der Waals surface area contributed by atoms with Crippen LogP contribution in [0.3, 0.4) is 0 Å². The van der Waals surface area contributed by atoms with Crippen LogP contribution in [0.5, 0.6) is 17.4 Å². The molecule has 2 aliphatic rings. The van der Waals surface area contributed by atoms with E-state index in [0.717, 1.165) is 67.6 Å². The molecule has 1 aromatic heterocycles. The molecule has 9 nitrogen and oxygen atoms in total. The minimum atomic E-state index is -0.375. The summed E-state index contributed by atoms with van der Waals surface area (Å²) >= 11 is 0. The predicted molar refractivity (Wildman–Crippen MR) is 137 cm³/mol. The number of aromatic nitrogens is 2. The zero-order chi connectivity index (χ0) is 25.1. The fourth-order valence-corrected chi connectivity index (χ4v) is 4.79. The summed E-state index contributed by atoms with van der Waals surface area (Å²) in [5.74, 6) is 3.28. The van der Waals surface area contributed by atoms with Gasteiger partial charge in [0.25, 0.3) is 5.69 Å². The van der Waals surface area contributed by atoms with Gasteiger partial charge in [-0.05, 0) is 36.5 Å². The summed E-state index contributed by atoms with van der Waals surface area (Å²) in [4.78, 5) is 25.1. The maximum absolute atomic E-state index is 11.0. The van der Waals surface area contributed by atoms with E-state index in [1.54, 1.807) is 19.2 Å². The number of ether oxygens (including phenoxy) is 2. The van der Waals surface area contributed by atoms with E-state index in [0.29, 0.717) is 30.5 Å². The van der Waals surface area contributed by atoms with Gasteiger partial charge < -0.3 is 14.4 Å². The Kier molecular flexibility index (Phi) is 6.99. The number of nitrogens with zero attached hydrogens (tertiary/aromatic N) is 5. The maximum atomic E-state index is 11.0. The summed E-state index contributed by atoms with van der Waals surface area (Å²) in [6.45, 7) is 6.33. The summed E-state index contributed by atoms with van der Waals surface area (Å²) in [5.41, 5.74) is 3.12. The molecule has 0 bridgehead atoms. The molecule has 9 heteroatoms. The fourth-order valence-electron chi connectivity index (χ4n) is 4.79. The molecule has 0 spiro atoms. The topological polar surface area (TPSA) is 93.9 Å². The van der Waals surface area contributed by atoms with Gasteiger partial charge in [0.2, 0.25) is 11.8 Å². The van der Waals surface area contributed by atoms with Crippen molar-refractivity contribution >= 4 is 11.6 Å². The monoisotopic (exact) mass is 489 g/mol. The van der Waals surface area contributed by atoms with Crippen LogP contribution in [-0.4, -0.2) is 46.5 Å². The van der Waals surface area contributed by atoms with Gasteiger partial charge in [0.1, 0.15) is 0 Å². The number of rotatable bonds is 7. The van der Waals surface area contributed by atoms with Crippen LogP contribution in [0.1, 0.15) is 36.6 Å². The summed E-state index contributed by atoms with van der Waals surface area (Å²) < 4.78 is 11.9. The lowest BCUT2D eigenvalue weighted by Crippen LogP contribution is -2.36. The number of methoxy groups -OCH3 is 1. The lowest BCUT2D eigenvalue weighted by molar-refractivity contribution is -0.384. The van der Waals surface area contributed by atoms with Crippen LogP contribution in [0.25, 0.3) is 0 Å². The highest BCUT2D eigenvalue weighted by molar-refractivity contribution is 5.47. The van der Waals surface area contributed by atoms with Crippen LogP contribution < -0.4 is 14.4 Å². The van der Waals surface area contributed by atoms with E-state index in [-0.39, 0.29) is 10.6 Å². The fraction of sp³-hybridized carbons (Fsp3) is 0.407. The smallest absolute Gasteiger partial charge is 0.269 e. The summed E-state index contributed by atoms with van der Waals surface area (Å²) in [6, 6.07) is 14.3. The van der Waals surface area contributed by atoms with E-state index in [1.165, 1.54) is 0 Å². The van der Waals surface area contributed by atoms with Gasteiger partial charge in [-0.15, -0.1) is 0 Å². The molecule has 36 heavy (non-hydrogen) atoms. The molecule has 0 amide bonds. The van der Waals surface area contributed by atoms with Crippen molar-refractivity contribution in [2.24, 2.45) is 5.92 Å². The Labute approximate surface area is 210 Å². The molecule has 0 N–H and O–H groups in total. The molecule has 1 saturated heterocycles. The van der Waals surface area contributed by atoms with E-state index >= 15 is 0 Å². The molecule has 3 heterocycles. The maximum Gasteiger partial charge on any atom is 0.269 e. The van der Waals surface area contributed by atoms with E-state index in [2.05, 4.69) is 16.7 Å². The number of nitro groups is 1. The van der Waals surface area contributed by atoms with Gasteiger partial charge in [0.15, 0.2) is 11.5 Å². The summed E-state index contributed by atoms with van der Waals surface area (Å²) in [5, 5.41) is 11.0. The van der Waals surface area contributed by atoms with Crippen LogP contribution >= 0.6 is 0 Å². The highest BCUT2D eigenvalue weighted by Crippen LogP contribution is 2.36. The Hall–Kier alpha value is -3.72. The molecule has 2 aliphatic heterocycles. The molecular formula is C27H31N5O4. The molecule has 1 fully saturated rings. The molecular weight excluding hydrogens is 458 g/mol.